The van der Waals surface area contributed by atoms with Gasteiger partial charge in [0.2, 0.25) is 0 Å². The highest BCUT2D eigenvalue weighted by molar-refractivity contribution is 9.10. The fraction of sp³-hybridized carbons (Fsp3) is 0.241. The molecule has 0 bridgehead atoms. The van der Waals surface area contributed by atoms with E-state index in [0.29, 0.717) is 51.0 Å². The Bertz CT molecular complexity index is 1610. The van der Waals surface area contributed by atoms with E-state index in [2.05, 4.69) is 27.1 Å². The van der Waals surface area contributed by atoms with Gasteiger partial charge in [0, 0.05) is 16.0 Å². The molecular formula is C29H26BrClN4O3. The molecule has 1 heterocycles. The zero-order valence-corrected chi connectivity index (χ0v) is 23.6. The Kier molecular flexibility index (Phi) is 8.82. The van der Waals surface area contributed by atoms with Gasteiger partial charge in [-0.3, -0.25) is 4.79 Å². The van der Waals surface area contributed by atoms with Crippen molar-refractivity contribution in [3.05, 3.63) is 97.0 Å². The van der Waals surface area contributed by atoms with Crippen molar-refractivity contribution in [1.82, 2.24) is 9.66 Å². The van der Waals surface area contributed by atoms with Crippen molar-refractivity contribution < 1.29 is 9.47 Å². The smallest absolute Gasteiger partial charge is 0.282 e. The van der Waals surface area contributed by atoms with Gasteiger partial charge in [0.1, 0.15) is 12.4 Å². The SMILES string of the molecule is CCOc1cc(C=Nn2c([C@H](C)CC)nc3ccc(Br)cc3c2=O)cc(Cl)c1OCc1ccccc1C#N. The van der Waals surface area contributed by atoms with Gasteiger partial charge in [-0.2, -0.15) is 15.0 Å². The molecule has 1 atom stereocenters. The van der Waals surface area contributed by atoms with Gasteiger partial charge in [-0.25, -0.2) is 4.98 Å². The molecule has 7 nitrogen and oxygen atoms in total. The largest absolute Gasteiger partial charge is 0.490 e. The zero-order valence-electron chi connectivity index (χ0n) is 21.2. The number of ether oxygens (including phenoxy) is 2. The lowest BCUT2D eigenvalue weighted by Gasteiger charge is -2.15. The molecule has 9 heteroatoms. The molecule has 0 amide bonds. The lowest BCUT2D eigenvalue weighted by molar-refractivity contribution is 0.269. The molecule has 0 aliphatic heterocycles. The van der Waals surface area contributed by atoms with Crippen LogP contribution in [0.4, 0.5) is 0 Å². The molecule has 0 N–H and O–H groups in total. The molecule has 0 radical (unpaired) electrons. The fourth-order valence-corrected chi connectivity index (χ4v) is 4.51. The maximum absolute atomic E-state index is 13.4. The molecule has 3 aromatic carbocycles. The summed E-state index contributed by atoms with van der Waals surface area (Å²) >= 11 is 10.0. The molecule has 4 aromatic rings. The Balaban J connectivity index is 1.72. The van der Waals surface area contributed by atoms with E-state index in [1.54, 1.807) is 36.5 Å². The first kappa shape index (κ1) is 27.4. The van der Waals surface area contributed by atoms with Crippen molar-refractivity contribution in [2.24, 2.45) is 5.10 Å². The summed E-state index contributed by atoms with van der Waals surface area (Å²) in [5.74, 6) is 1.40. The third-order valence-corrected chi connectivity index (χ3v) is 6.82. The van der Waals surface area contributed by atoms with Crippen molar-refractivity contribution in [2.75, 3.05) is 6.61 Å². The van der Waals surface area contributed by atoms with Crippen LogP contribution in [0.3, 0.4) is 0 Å². The van der Waals surface area contributed by atoms with E-state index in [0.717, 1.165) is 16.5 Å². The number of rotatable bonds is 9. The number of aromatic nitrogens is 2. The molecule has 0 fully saturated rings. The van der Waals surface area contributed by atoms with Crippen LogP contribution in [0.5, 0.6) is 11.5 Å². The summed E-state index contributed by atoms with van der Waals surface area (Å²) in [5.41, 5.74) is 2.27. The van der Waals surface area contributed by atoms with E-state index in [1.807, 2.05) is 45.0 Å². The van der Waals surface area contributed by atoms with Crippen molar-refractivity contribution in [3.8, 4) is 17.6 Å². The number of hydrogen-bond donors (Lipinski definition) is 0. The topological polar surface area (TPSA) is 89.5 Å². The predicted octanol–water partition coefficient (Wildman–Crippen LogP) is 7.06. The van der Waals surface area contributed by atoms with Gasteiger partial charge < -0.3 is 9.47 Å². The van der Waals surface area contributed by atoms with Crippen molar-refractivity contribution >= 4 is 44.6 Å². The van der Waals surface area contributed by atoms with Gasteiger partial charge in [0.15, 0.2) is 11.5 Å². The standard InChI is InChI=1S/C29H26BrClN4O3/c1-4-18(3)28-34-25-11-10-22(30)14-23(25)29(36)35(28)33-16-19-12-24(31)27(26(13-19)37-5-2)38-17-21-9-7-6-8-20(21)15-32/h6-14,16,18H,4-5,17H2,1-3H3/t18-/m1/s1. The Labute approximate surface area is 234 Å². The number of nitriles is 1. The van der Waals surface area contributed by atoms with E-state index in [9.17, 15) is 10.1 Å². The first-order valence-electron chi connectivity index (χ1n) is 12.2. The molecule has 38 heavy (non-hydrogen) atoms. The Morgan fingerprint density at radius 1 is 1.18 bits per heavy atom. The summed E-state index contributed by atoms with van der Waals surface area (Å²) in [6.07, 6.45) is 2.35. The van der Waals surface area contributed by atoms with E-state index in [4.69, 9.17) is 26.1 Å². The summed E-state index contributed by atoms with van der Waals surface area (Å²) in [6.45, 7) is 6.46. The van der Waals surface area contributed by atoms with Gasteiger partial charge in [0.05, 0.1) is 40.4 Å². The summed E-state index contributed by atoms with van der Waals surface area (Å²) in [6, 6.07) is 18.3. The third kappa shape index (κ3) is 5.90. The van der Waals surface area contributed by atoms with Crippen LogP contribution in [-0.4, -0.2) is 22.5 Å². The van der Waals surface area contributed by atoms with Crippen LogP contribution < -0.4 is 15.0 Å². The van der Waals surface area contributed by atoms with E-state index in [-0.39, 0.29) is 18.1 Å². The first-order chi connectivity index (χ1) is 18.4. The Morgan fingerprint density at radius 2 is 1.97 bits per heavy atom. The summed E-state index contributed by atoms with van der Waals surface area (Å²) in [7, 11) is 0. The number of halogens is 2. The van der Waals surface area contributed by atoms with Crippen LogP contribution in [-0.2, 0) is 6.61 Å². The van der Waals surface area contributed by atoms with Gasteiger partial charge >= 0.3 is 0 Å². The minimum atomic E-state index is -0.255. The van der Waals surface area contributed by atoms with E-state index in [1.165, 1.54) is 4.68 Å². The van der Waals surface area contributed by atoms with Crippen molar-refractivity contribution in [2.45, 2.75) is 39.7 Å². The molecule has 0 unspecified atom stereocenters. The monoisotopic (exact) mass is 592 g/mol. The van der Waals surface area contributed by atoms with Crippen LogP contribution in [0.25, 0.3) is 10.9 Å². The third-order valence-electron chi connectivity index (χ3n) is 6.05. The average Bonchev–Trinajstić information content (AvgIpc) is 2.92. The van der Waals surface area contributed by atoms with Crippen LogP contribution in [0.1, 0.15) is 55.6 Å². The van der Waals surface area contributed by atoms with Crippen molar-refractivity contribution in [3.63, 3.8) is 0 Å². The van der Waals surface area contributed by atoms with E-state index < -0.39 is 0 Å². The van der Waals surface area contributed by atoms with Crippen LogP contribution >= 0.6 is 27.5 Å². The average molecular weight is 594 g/mol. The molecule has 0 aliphatic carbocycles. The lowest BCUT2D eigenvalue weighted by Crippen LogP contribution is -2.23. The van der Waals surface area contributed by atoms with Gasteiger partial charge in [0.25, 0.3) is 5.56 Å². The molecule has 0 spiro atoms. The second-order valence-electron chi connectivity index (χ2n) is 8.62. The minimum absolute atomic E-state index is 0.0162. The quantitative estimate of drug-likeness (QED) is 0.194. The second-order valence-corrected chi connectivity index (χ2v) is 9.95. The van der Waals surface area contributed by atoms with Gasteiger partial charge in [-0.05, 0) is 55.3 Å². The molecule has 0 saturated heterocycles. The maximum atomic E-state index is 13.4. The lowest BCUT2D eigenvalue weighted by atomic mass is 10.1. The molecule has 4 rings (SSSR count). The number of hydrogen-bond acceptors (Lipinski definition) is 6. The van der Waals surface area contributed by atoms with Crippen molar-refractivity contribution in [1.29, 1.82) is 5.26 Å². The fourth-order valence-electron chi connectivity index (χ4n) is 3.87. The predicted molar refractivity (Wildman–Crippen MR) is 154 cm³/mol. The highest BCUT2D eigenvalue weighted by Crippen LogP contribution is 2.37. The summed E-state index contributed by atoms with van der Waals surface area (Å²) in [4.78, 5) is 18.1. The normalized spacial score (nSPS) is 12.0. The van der Waals surface area contributed by atoms with Gasteiger partial charge in [-0.15, -0.1) is 0 Å². The number of benzene rings is 3. The molecular weight excluding hydrogens is 568 g/mol. The van der Waals surface area contributed by atoms with Crippen LogP contribution in [0.2, 0.25) is 5.02 Å². The number of fused-ring (bicyclic) bond motifs is 1. The maximum Gasteiger partial charge on any atom is 0.282 e. The molecule has 1 aromatic heterocycles. The summed E-state index contributed by atoms with van der Waals surface area (Å²) in [5, 5.41) is 14.7. The molecule has 0 saturated carbocycles. The highest BCUT2D eigenvalue weighted by atomic mass is 79.9. The summed E-state index contributed by atoms with van der Waals surface area (Å²) < 4.78 is 13.9. The molecule has 0 aliphatic rings. The zero-order chi connectivity index (χ0) is 27.2. The second kappa shape index (κ2) is 12.2. The number of nitrogens with zero attached hydrogens (tertiary/aromatic N) is 4. The first-order valence-corrected chi connectivity index (χ1v) is 13.4. The molecule has 194 valence electrons. The van der Waals surface area contributed by atoms with Crippen LogP contribution in [0.15, 0.2) is 69.0 Å². The van der Waals surface area contributed by atoms with E-state index >= 15 is 0 Å². The Morgan fingerprint density at radius 3 is 2.71 bits per heavy atom. The van der Waals surface area contributed by atoms with Crippen LogP contribution in [0, 0.1) is 11.3 Å². The highest BCUT2D eigenvalue weighted by Gasteiger charge is 2.17. The van der Waals surface area contributed by atoms with Gasteiger partial charge in [-0.1, -0.05) is 59.6 Å². The minimum Gasteiger partial charge on any atom is -0.490 e. The Hall–Kier alpha value is -3.67.